The van der Waals surface area contributed by atoms with E-state index in [0.717, 1.165) is 16.8 Å². The second kappa shape index (κ2) is 15.3. The molecule has 48 heavy (non-hydrogen) atoms. The summed E-state index contributed by atoms with van der Waals surface area (Å²) in [5, 5.41) is 12.4. The highest BCUT2D eigenvalue weighted by molar-refractivity contribution is 6.05. The van der Waals surface area contributed by atoms with Gasteiger partial charge in [0.25, 0.3) is 5.91 Å². The Bertz CT molecular complexity index is 1510. The van der Waals surface area contributed by atoms with E-state index in [2.05, 4.69) is 18.5 Å². The van der Waals surface area contributed by atoms with Gasteiger partial charge in [-0.3, -0.25) is 19.2 Å². The third-order valence-corrected chi connectivity index (χ3v) is 9.89. The molecule has 5 rings (SSSR count). The number of benzene rings is 2. The van der Waals surface area contributed by atoms with Gasteiger partial charge in [-0.2, -0.15) is 0 Å². The summed E-state index contributed by atoms with van der Waals surface area (Å²) in [7, 11) is 0. The van der Waals surface area contributed by atoms with E-state index in [1.54, 1.807) is 22.0 Å². The van der Waals surface area contributed by atoms with Gasteiger partial charge in [0.2, 0.25) is 11.8 Å². The van der Waals surface area contributed by atoms with Crippen LogP contribution < -0.4 is 10.2 Å². The zero-order valence-corrected chi connectivity index (χ0v) is 27.9. The standard InChI is InChI=1S/C38H47N3O7/c1-5-7-18-30(43)39-24-29(27-16-9-8-10-17-27)47-37(46)31-28-19-20-38(48-28)32(31)35(44)41(22-11-12-23-42)34(38)36(45)40(21-6-2)33-25(3)14-13-15-26(33)4/h5-6,8-10,13-17,28-29,31-32,34,42H,1-2,7,11-12,18-24H2,3-4H3,(H,39,43)/t28-,29-,31+,32+,34-,38+/m0/s1. The Morgan fingerprint density at radius 3 is 2.50 bits per heavy atom. The first-order valence-electron chi connectivity index (χ1n) is 16.9. The number of carbonyl (C=O) groups is 4. The molecule has 0 radical (unpaired) electrons. The lowest BCUT2D eigenvalue weighted by atomic mass is 9.70. The van der Waals surface area contributed by atoms with Crippen LogP contribution in [-0.4, -0.2) is 77.7 Å². The molecule has 3 aliphatic rings. The number of hydrogen-bond acceptors (Lipinski definition) is 7. The van der Waals surface area contributed by atoms with Crippen LogP contribution in [0.3, 0.4) is 0 Å². The van der Waals surface area contributed by atoms with Crippen LogP contribution in [0.1, 0.15) is 61.3 Å². The van der Waals surface area contributed by atoms with Crippen LogP contribution >= 0.6 is 0 Å². The van der Waals surface area contributed by atoms with Gasteiger partial charge in [-0.1, -0.05) is 60.7 Å². The van der Waals surface area contributed by atoms with Crippen LogP contribution in [0.15, 0.2) is 73.8 Å². The number of carbonyl (C=O) groups excluding carboxylic acids is 4. The lowest BCUT2D eigenvalue weighted by Gasteiger charge is -2.37. The second-order valence-electron chi connectivity index (χ2n) is 13.0. The second-order valence-corrected chi connectivity index (χ2v) is 13.0. The highest BCUT2D eigenvalue weighted by Gasteiger charge is 2.75. The highest BCUT2D eigenvalue weighted by Crippen LogP contribution is 2.59. The number of para-hydroxylation sites is 1. The summed E-state index contributed by atoms with van der Waals surface area (Å²) < 4.78 is 12.8. The smallest absolute Gasteiger partial charge is 0.313 e. The number of fused-ring (bicyclic) bond motifs is 1. The Morgan fingerprint density at radius 1 is 1.10 bits per heavy atom. The van der Waals surface area contributed by atoms with E-state index in [1.165, 1.54) is 0 Å². The Balaban J connectivity index is 1.47. The van der Waals surface area contributed by atoms with Gasteiger partial charge in [0.05, 0.1) is 24.5 Å². The average Bonchev–Trinajstić information content (AvgIpc) is 3.72. The number of rotatable bonds is 16. The van der Waals surface area contributed by atoms with Crippen molar-refractivity contribution in [3.05, 3.63) is 90.5 Å². The fourth-order valence-electron chi connectivity index (χ4n) is 7.78. The molecule has 3 fully saturated rings. The maximum Gasteiger partial charge on any atom is 0.313 e. The SMILES string of the molecule is C=CCCC(=O)NC[C@H](OC(=O)[C@@H]1[C@@H]2CC[C@]3(O2)[C@H](C(=O)N(CC=C)c2c(C)cccc2C)N(CCCCO)C(=O)[C@@H]13)c1ccccc1. The Morgan fingerprint density at radius 2 is 1.83 bits per heavy atom. The molecule has 2 aromatic rings. The van der Waals surface area contributed by atoms with E-state index in [1.807, 2.05) is 62.4 Å². The summed E-state index contributed by atoms with van der Waals surface area (Å²) in [5.41, 5.74) is 2.08. The number of aryl methyl sites for hydroxylation is 2. The minimum absolute atomic E-state index is 0.0429. The van der Waals surface area contributed by atoms with Crippen LogP contribution in [0.4, 0.5) is 5.69 Å². The number of nitrogens with zero attached hydrogens (tertiary/aromatic N) is 2. The molecule has 10 nitrogen and oxygen atoms in total. The molecule has 2 aromatic carbocycles. The Labute approximate surface area is 282 Å². The number of aliphatic hydroxyl groups excluding tert-OH is 1. The molecule has 0 saturated carbocycles. The number of anilines is 1. The molecule has 0 aromatic heterocycles. The molecule has 2 N–H and O–H groups in total. The van der Waals surface area contributed by atoms with Crippen molar-refractivity contribution in [3.63, 3.8) is 0 Å². The van der Waals surface area contributed by atoms with E-state index in [4.69, 9.17) is 9.47 Å². The normalized spacial score (nSPS) is 24.6. The molecule has 3 aliphatic heterocycles. The van der Waals surface area contributed by atoms with Gasteiger partial charge >= 0.3 is 5.97 Å². The van der Waals surface area contributed by atoms with Crippen LogP contribution in [0.2, 0.25) is 0 Å². The number of likely N-dealkylation sites (tertiary alicyclic amines) is 1. The molecular formula is C38H47N3O7. The topological polar surface area (TPSA) is 125 Å². The van der Waals surface area contributed by atoms with E-state index < -0.39 is 41.7 Å². The van der Waals surface area contributed by atoms with E-state index in [0.29, 0.717) is 37.7 Å². The van der Waals surface area contributed by atoms with Crippen LogP contribution in [-0.2, 0) is 28.7 Å². The van der Waals surface area contributed by atoms with Crippen molar-refractivity contribution in [2.24, 2.45) is 11.8 Å². The first kappa shape index (κ1) is 35.0. The summed E-state index contributed by atoms with van der Waals surface area (Å²) in [6, 6.07) is 14.0. The van der Waals surface area contributed by atoms with Crippen LogP contribution in [0, 0.1) is 25.7 Å². The van der Waals surface area contributed by atoms with Gasteiger partial charge in [-0.15, -0.1) is 13.2 Å². The number of unbranched alkanes of at least 4 members (excludes halogenated alkanes) is 1. The minimum atomic E-state index is -1.21. The van der Waals surface area contributed by atoms with Crippen molar-refractivity contribution in [1.29, 1.82) is 0 Å². The zero-order chi connectivity index (χ0) is 34.4. The molecule has 10 heteroatoms. The maximum atomic E-state index is 14.8. The molecule has 0 unspecified atom stereocenters. The number of ether oxygens (including phenoxy) is 2. The molecular weight excluding hydrogens is 610 g/mol. The monoisotopic (exact) mass is 657 g/mol. The van der Waals surface area contributed by atoms with Crippen molar-refractivity contribution in [1.82, 2.24) is 10.2 Å². The van der Waals surface area contributed by atoms with Crippen molar-refractivity contribution >= 4 is 29.4 Å². The van der Waals surface area contributed by atoms with Gasteiger partial charge in [-0.25, -0.2) is 0 Å². The fourth-order valence-corrected chi connectivity index (χ4v) is 7.78. The molecule has 3 saturated heterocycles. The number of allylic oxidation sites excluding steroid dienone is 1. The van der Waals surface area contributed by atoms with E-state index in [-0.39, 0.29) is 50.4 Å². The highest BCUT2D eigenvalue weighted by atomic mass is 16.6. The molecule has 3 amide bonds. The number of amides is 3. The third-order valence-electron chi connectivity index (χ3n) is 9.89. The summed E-state index contributed by atoms with van der Waals surface area (Å²) in [4.78, 5) is 59.1. The van der Waals surface area contributed by atoms with Crippen molar-refractivity contribution in [3.8, 4) is 0 Å². The summed E-state index contributed by atoms with van der Waals surface area (Å²) in [6.07, 6.45) is 4.64. The third kappa shape index (κ3) is 6.69. The number of aliphatic hydroxyl groups is 1. The average molecular weight is 658 g/mol. The van der Waals surface area contributed by atoms with Crippen molar-refractivity contribution in [2.75, 3.05) is 31.1 Å². The predicted molar refractivity (Wildman–Crippen MR) is 182 cm³/mol. The van der Waals surface area contributed by atoms with Crippen molar-refractivity contribution in [2.45, 2.75) is 76.2 Å². The molecule has 0 aliphatic carbocycles. The van der Waals surface area contributed by atoms with E-state index in [9.17, 15) is 24.3 Å². The first-order chi connectivity index (χ1) is 23.2. The lowest BCUT2D eigenvalue weighted by molar-refractivity contribution is -0.160. The van der Waals surface area contributed by atoms with Crippen LogP contribution in [0.25, 0.3) is 0 Å². The van der Waals surface area contributed by atoms with Gasteiger partial charge in [0, 0.05) is 31.8 Å². The Hall–Kier alpha value is -4.28. The lowest BCUT2D eigenvalue weighted by Crippen LogP contribution is -2.56. The maximum absolute atomic E-state index is 14.8. The van der Waals surface area contributed by atoms with E-state index >= 15 is 0 Å². The molecule has 6 atom stereocenters. The van der Waals surface area contributed by atoms with Gasteiger partial charge < -0.3 is 29.7 Å². The molecule has 3 heterocycles. The van der Waals surface area contributed by atoms with Crippen molar-refractivity contribution < 1.29 is 33.8 Å². The fraction of sp³-hybridized carbons (Fsp3) is 0.474. The first-order valence-corrected chi connectivity index (χ1v) is 16.9. The Kier molecular flexibility index (Phi) is 11.2. The molecule has 2 bridgehead atoms. The summed E-state index contributed by atoms with van der Waals surface area (Å²) in [5.74, 6) is -3.20. The number of nitrogens with one attached hydrogen (secondary N) is 1. The quantitative estimate of drug-likeness (QED) is 0.156. The van der Waals surface area contributed by atoms with Crippen LogP contribution in [0.5, 0.6) is 0 Å². The minimum Gasteiger partial charge on any atom is -0.455 e. The van der Waals surface area contributed by atoms with Gasteiger partial charge in [-0.05, 0) is 62.6 Å². The summed E-state index contributed by atoms with van der Waals surface area (Å²) in [6.45, 7) is 11.9. The number of esters is 1. The molecule has 256 valence electrons. The predicted octanol–water partition coefficient (Wildman–Crippen LogP) is 4.34. The van der Waals surface area contributed by atoms with Gasteiger partial charge in [0.1, 0.15) is 17.7 Å². The zero-order valence-electron chi connectivity index (χ0n) is 27.9. The largest absolute Gasteiger partial charge is 0.455 e. The number of hydrogen-bond donors (Lipinski definition) is 2. The molecule has 1 spiro atoms. The van der Waals surface area contributed by atoms with Gasteiger partial charge in [0.15, 0.2) is 0 Å². The summed E-state index contributed by atoms with van der Waals surface area (Å²) >= 11 is 0.